The summed E-state index contributed by atoms with van der Waals surface area (Å²) in [5.74, 6) is -0.711. The summed E-state index contributed by atoms with van der Waals surface area (Å²) in [5.41, 5.74) is 0. The van der Waals surface area contributed by atoms with E-state index < -0.39 is 5.97 Å². The topological polar surface area (TPSA) is 37.3 Å². The third kappa shape index (κ3) is 42.8. The molecule has 0 amide bonds. The van der Waals surface area contributed by atoms with Crippen LogP contribution in [0.15, 0.2) is 0 Å². The Labute approximate surface area is 75.2 Å². The summed E-state index contributed by atoms with van der Waals surface area (Å²) >= 11 is 0. The minimum atomic E-state index is -0.711. The Balaban J connectivity index is -0.000000107. The molecule has 0 saturated heterocycles. The Morgan fingerprint density at radius 3 is 1.80 bits per heavy atom. The fourth-order valence-corrected chi connectivity index (χ4v) is 0.214. The summed E-state index contributed by atoms with van der Waals surface area (Å²) in [5, 5.41) is 7.91. The van der Waals surface area contributed by atoms with Crippen LogP contribution >= 0.6 is 0 Å². The molecule has 0 bridgehead atoms. The largest absolute Gasteiger partial charge is 1.00 e. The first-order chi connectivity index (χ1) is 4.18. The molecule has 0 aliphatic carbocycles. The molecule has 0 unspecified atom stereocenters. The molecule has 0 aromatic carbocycles. The molecule has 0 heterocycles. The van der Waals surface area contributed by atoms with Crippen LogP contribution in [0.1, 0.15) is 33.1 Å². The molecular weight excluding hydrogens is 123 g/mol. The normalized spacial score (nSPS) is 6.70. The monoisotopic (exact) mass is 138 g/mol. The Morgan fingerprint density at radius 1 is 1.50 bits per heavy atom. The van der Waals surface area contributed by atoms with Gasteiger partial charge < -0.3 is 12.0 Å². The maximum Gasteiger partial charge on any atom is 1.00 e. The van der Waals surface area contributed by atoms with Crippen LogP contribution in [-0.2, 0) is 4.79 Å². The van der Waals surface area contributed by atoms with Gasteiger partial charge in [0.15, 0.2) is 0 Å². The molecule has 0 fully saturated rings. The molecule has 0 rings (SSSR count). The molecule has 0 aromatic rings. The van der Waals surface area contributed by atoms with Gasteiger partial charge in [-0.25, -0.2) is 0 Å². The number of carboxylic acid groups (broad SMARTS) is 1. The average molecular weight is 138 g/mol. The second-order valence-electron chi connectivity index (χ2n) is 1.64. The Hall–Kier alpha value is 0.0674. The van der Waals surface area contributed by atoms with Crippen LogP contribution in [0.3, 0.4) is 0 Å². The summed E-state index contributed by atoms with van der Waals surface area (Å²) in [6.45, 7) is 7.34. The molecule has 0 aliphatic rings. The first kappa shape index (κ1) is 16.6. The molecule has 10 heavy (non-hydrogen) atoms. The standard InChI is InChI=1S/C4H8O2.C3H7.Li/c1-2-3-4(5)6;1-3-2;/h2-3H2,1H3,(H,5,6);1,3H2,2H3;/q;-1;+1. The Bertz CT molecular complexity index is 64.6. The smallest absolute Gasteiger partial charge is 0.481 e. The number of hydrogen-bond donors (Lipinski definition) is 1. The summed E-state index contributed by atoms with van der Waals surface area (Å²) in [4.78, 5) is 9.60. The van der Waals surface area contributed by atoms with E-state index in [1.54, 1.807) is 0 Å². The molecule has 0 aliphatic heterocycles. The van der Waals surface area contributed by atoms with Crippen molar-refractivity contribution < 1.29 is 28.8 Å². The zero-order chi connectivity index (χ0) is 7.70. The number of rotatable bonds is 2. The molecule has 0 radical (unpaired) electrons. The molecule has 2 nitrogen and oxygen atoms in total. The second kappa shape index (κ2) is 16.0. The van der Waals surface area contributed by atoms with E-state index >= 15 is 0 Å². The van der Waals surface area contributed by atoms with Crippen molar-refractivity contribution >= 4 is 5.97 Å². The molecule has 1 N–H and O–H groups in total. The van der Waals surface area contributed by atoms with Crippen molar-refractivity contribution in [3.63, 3.8) is 0 Å². The minimum absolute atomic E-state index is 0. The van der Waals surface area contributed by atoms with Crippen molar-refractivity contribution in [2.45, 2.75) is 33.1 Å². The maximum absolute atomic E-state index is 9.60. The summed E-state index contributed by atoms with van der Waals surface area (Å²) in [7, 11) is 0. The van der Waals surface area contributed by atoms with Gasteiger partial charge in [0, 0.05) is 6.42 Å². The van der Waals surface area contributed by atoms with Crippen LogP contribution in [0.5, 0.6) is 0 Å². The molecule has 0 spiro atoms. The van der Waals surface area contributed by atoms with Gasteiger partial charge in [-0.1, -0.05) is 13.8 Å². The van der Waals surface area contributed by atoms with E-state index in [0.29, 0.717) is 6.42 Å². The first-order valence-corrected chi connectivity index (χ1v) is 3.20. The predicted octanol–water partition coefficient (Wildman–Crippen LogP) is -0.894. The van der Waals surface area contributed by atoms with Gasteiger partial charge in [-0.2, -0.15) is 6.42 Å². The van der Waals surface area contributed by atoms with Crippen molar-refractivity contribution in [3.8, 4) is 0 Å². The van der Waals surface area contributed by atoms with E-state index in [-0.39, 0.29) is 18.9 Å². The van der Waals surface area contributed by atoms with Gasteiger partial charge in [0.1, 0.15) is 0 Å². The number of aliphatic carboxylic acids is 1. The Morgan fingerprint density at radius 2 is 1.80 bits per heavy atom. The van der Waals surface area contributed by atoms with Gasteiger partial charge in [-0.3, -0.25) is 4.79 Å². The Kier molecular flexibility index (Phi) is 26.6. The van der Waals surface area contributed by atoms with Crippen molar-refractivity contribution in [1.29, 1.82) is 0 Å². The molecule has 0 atom stereocenters. The second-order valence-corrected chi connectivity index (χ2v) is 1.64. The zero-order valence-corrected chi connectivity index (χ0v) is 7.18. The number of carboxylic acids is 1. The van der Waals surface area contributed by atoms with E-state index in [1.807, 2.05) is 13.8 Å². The first-order valence-electron chi connectivity index (χ1n) is 3.20. The average Bonchev–Trinajstić information content (AvgIpc) is 1.67. The summed E-state index contributed by atoms with van der Waals surface area (Å²) in [6, 6.07) is 0. The quantitative estimate of drug-likeness (QED) is 0.397. The summed E-state index contributed by atoms with van der Waals surface area (Å²) in [6.07, 6.45) is 2.02. The van der Waals surface area contributed by atoms with E-state index in [2.05, 4.69) is 6.92 Å². The molecule has 56 valence electrons. The van der Waals surface area contributed by atoms with E-state index in [0.717, 1.165) is 12.8 Å². The van der Waals surface area contributed by atoms with Crippen LogP contribution < -0.4 is 18.9 Å². The molecule has 3 heteroatoms. The van der Waals surface area contributed by atoms with E-state index in [9.17, 15) is 4.79 Å². The zero-order valence-electron chi connectivity index (χ0n) is 7.18. The fourth-order valence-electron chi connectivity index (χ4n) is 0.214. The van der Waals surface area contributed by atoms with Crippen LogP contribution in [0.4, 0.5) is 0 Å². The van der Waals surface area contributed by atoms with Crippen LogP contribution in [0.2, 0.25) is 0 Å². The van der Waals surface area contributed by atoms with Gasteiger partial charge in [0.2, 0.25) is 0 Å². The minimum Gasteiger partial charge on any atom is -0.481 e. The van der Waals surface area contributed by atoms with Crippen LogP contribution in [0.25, 0.3) is 0 Å². The van der Waals surface area contributed by atoms with Crippen molar-refractivity contribution in [2.24, 2.45) is 0 Å². The SMILES string of the molecule is CCCC(=O)O.[CH2-]CC.[Li+]. The van der Waals surface area contributed by atoms with Gasteiger partial charge in [-0.15, -0.1) is 0 Å². The van der Waals surface area contributed by atoms with Crippen molar-refractivity contribution in [2.75, 3.05) is 0 Å². The van der Waals surface area contributed by atoms with Crippen LogP contribution in [-0.4, -0.2) is 11.1 Å². The van der Waals surface area contributed by atoms with E-state index in [4.69, 9.17) is 5.11 Å². The van der Waals surface area contributed by atoms with E-state index in [1.165, 1.54) is 0 Å². The maximum atomic E-state index is 9.60. The van der Waals surface area contributed by atoms with Crippen LogP contribution in [0, 0.1) is 6.92 Å². The summed E-state index contributed by atoms with van der Waals surface area (Å²) < 4.78 is 0. The number of carbonyl (C=O) groups is 1. The van der Waals surface area contributed by atoms with Crippen molar-refractivity contribution in [1.82, 2.24) is 0 Å². The molecular formula is C7H15LiO2. The third-order valence-corrected chi connectivity index (χ3v) is 0.464. The third-order valence-electron chi connectivity index (χ3n) is 0.464. The predicted molar refractivity (Wildman–Crippen MR) is 38.2 cm³/mol. The van der Waals surface area contributed by atoms with Gasteiger partial charge in [-0.05, 0) is 6.42 Å². The number of hydrogen-bond acceptors (Lipinski definition) is 1. The fraction of sp³-hybridized carbons (Fsp3) is 0.714. The van der Waals surface area contributed by atoms with Gasteiger partial charge >= 0.3 is 24.8 Å². The molecule has 0 aromatic heterocycles. The molecule has 0 saturated carbocycles. The van der Waals surface area contributed by atoms with Crippen molar-refractivity contribution in [3.05, 3.63) is 6.92 Å². The van der Waals surface area contributed by atoms with Gasteiger partial charge in [0.25, 0.3) is 0 Å². The van der Waals surface area contributed by atoms with Gasteiger partial charge in [0.05, 0.1) is 0 Å².